The van der Waals surface area contributed by atoms with Crippen molar-refractivity contribution in [1.82, 2.24) is 15.6 Å². The number of para-hydroxylation sites is 1. The van der Waals surface area contributed by atoms with Gasteiger partial charge in [0.2, 0.25) is 0 Å². The van der Waals surface area contributed by atoms with Gasteiger partial charge in [-0.3, -0.25) is 0 Å². The summed E-state index contributed by atoms with van der Waals surface area (Å²) in [6.45, 7) is 0.945. The molecule has 0 aliphatic carbocycles. The van der Waals surface area contributed by atoms with Crippen LogP contribution in [0.25, 0.3) is 0 Å². The summed E-state index contributed by atoms with van der Waals surface area (Å²) in [5, 5.41) is 5.72. The minimum absolute atomic E-state index is 0.00517. The predicted octanol–water partition coefficient (Wildman–Crippen LogP) is 1.95. The van der Waals surface area contributed by atoms with Crippen molar-refractivity contribution in [2.24, 2.45) is 0 Å². The molecule has 1 aromatic carbocycles. The number of anilines is 1. The number of aromatic nitrogens is 1. The molecule has 0 saturated carbocycles. The third-order valence-electron chi connectivity index (χ3n) is 3.93. The Bertz CT molecular complexity index is 693. The van der Waals surface area contributed by atoms with Gasteiger partial charge in [0.05, 0.1) is 6.54 Å². The molecule has 0 radical (unpaired) electrons. The van der Waals surface area contributed by atoms with E-state index in [-0.39, 0.29) is 12.1 Å². The van der Waals surface area contributed by atoms with Crippen molar-refractivity contribution in [3.63, 3.8) is 0 Å². The third kappa shape index (κ3) is 3.95. The lowest BCUT2D eigenvalue weighted by Crippen LogP contribution is -2.40. The Kier molecular flexibility index (Phi) is 4.84. The minimum Gasteiger partial charge on any atom is -0.488 e. The summed E-state index contributed by atoms with van der Waals surface area (Å²) >= 11 is 0. The van der Waals surface area contributed by atoms with Gasteiger partial charge in [-0.2, -0.15) is 0 Å². The molecule has 0 spiro atoms. The second-order valence-electron chi connectivity index (χ2n) is 6.03. The summed E-state index contributed by atoms with van der Waals surface area (Å²) in [5.74, 6) is 1.78. The van der Waals surface area contributed by atoms with Crippen LogP contribution in [0.5, 0.6) is 5.75 Å². The Morgan fingerprint density at radius 1 is 1.29 bits per heavy atom. The van der Waals surface area contributed by atoms with Crippen molar-refractivity contribution in [2.45, 2.75) is 19.1 Å². The van der Waals surface area contributed by atoms with Crippen molar-refractivity contribution < 1.29 is 9.53 Å². The van der Waals surface area contributed by atoms with Gasteiger partial charge in [0.25, 0.3) is 0 Å². The van der Waals surface area contributed by atoms with Crippen LogP contribution in [0.2, 0.25) is 0 Å². The van der Waals surface area contributed by atoms with Gasteiger partial charge in [0, 0.05) is 33.3 Å². The van der Waals surface area contributed by atoms with Crippen LogP contribution >= 0.6 is 0 Å². The van der Waals surface area contributed by atoms with Crippen molar-refractivity contribution in [3.05, 3.63) is 53.7 Å². The molecule has 1 aliphatic rings. The summed E-state index contributed by atoms with van der Waals surface area (Å²) in [4.78, 5) is 18.1. The van der Waals surface area contributed by atoms with Crippen LogP contribution in [0.4, 0.5) is 10.6 Å². The average molecular weight is 326 g/mol. The predicted molar refractivity (Wildman–Crippen MR) is 93.4 cm³/mol. The quantitative estimate of drug-likeness (QED) is 0.881. The fourth-order valence-electron chi connectivity index (χ4n) is 2.63. The van der Waals surface area contributed by atoms with Crippen LogP contribution in [-0.4, -0.2) is 37.8 Å². The zero-order chi connectivity index (χ0) is 16.9. The molecule has 1 atom stereocenters. The Morgan fingerprint density at radius 2 is 2.12 bits per heavy atom. The Hall–Kier alpha value is -2.76. The number of ether oxygens (including phenoxy) is 1. The first kappa shape index (κ1) is 16.1. The monoisotopic (exact) mass is 326 g/mol. The molecule has 6 heteroatoms. The van der Waals surface area contributed by atoms with E-state index in [1.807, 2.05) is 49.3 Å². The highest BCUT2D eigenvalue weighted by atomic mass is 16.5. The molecule has 3 rings (SSSR count). The molecule has 24 heavy (non-hydrogen) atoms. The van der Waals surface area contributed by atoms with E-state index in [0.717, 1.165) is 23.6 Å². The Morgan fingerprint density at radius 3 is 2.92 bits per heavy atom. The summed E-state index contributed by atoms with van der Waals surface area (Å²) in [6.07, 6.45) is 2.57. The van der Waals surface area contributed by atoms with Gasteiger partial charge < -0.3 is 20.3 Å². The molecule has 0 saturated heterocycles. The van der Waals surface area contributed by atoms with Crippen molar-refractivity contribution >= 4 is 11.8 Å². The maximum Gasteiger partial charge on any atom is 0.315 e. The number of nitrogens with zero attached hydrogens (tertiary/aromatic N) is 2. The van der Waals surface area contributed by atoms with E-state index in [9.17, 15) is 4.79 Å². The molecular formula is C18H22N4O2. The van der Waals surface area contributed by atoms with Crippen LogP contribution in [0.1, 0.15) is 11.1 Å². The van der Waals surface area contributed by atoms with Gasteiger partial charge in [-0.25, -0.2) is 9.78 Å². The van der Waals surface area contributed by atoms with E-state index in [2.05, 4.69) is 21.7 Å². The Balaban J connectivity index is 1.43. The van der Waals surface area contributed by atoms with E-state index in [0.29, 0.717) is 13.1 Å². The molecule has 2 aromatic rings. The first-order valence-electron chi connectivity index (χ1n) is 8.00. The number of hydrogen-bond acceptors (Lipinski definition) is 4. The van der Waals surface area contributed by atoms with Crippen LogP contribution < -0.4 is 20.3 Å². The second kappa shape index (κ2) is 7.21. The molecule has 2 heterocycles. The molecule has 126 valence electrons. The lowest BCUT2D eigenvalue weighted by molar-refractivity contribution is 0.214. The number of nitrogens with one attached hydrogen (secondary N) is 2. The first-order valence-corrected chi connectivity index (χ1v) is 8.00. The molecule has 2 N–H and O–H groups in total. The standard InChI is InChI=1S/C18H22N4O2/c1-22(2)17-9-13(7-8-19-17)11-20-18(23)21-12-15-10-14-5-3-4-6-16(14)24-15/h3-9,15H,10-12H2,1-2H3,(H2,20,21,23). The molecular weight excluding hydrogens is 304 g/mol. The topological polar surface area (TPSA) is 66.5 Å². The maximum atomic E-state index is 12.0. The van der Waals surface area contributed by atoms with Crippen LogP contribution in [-0.2, 0) is 13.0 Å². The number of fused-ring (bicyclic) bond motifs is 1. The fourth-order valence-corrected chi connectivity index (χ4v) is 2.63. The third-order valence-corrected chi connectivity index (χ3v) is 3.93. The van der Waals surface area contributed by atoms with Crippen molar-refractivity contribution in [3.8, 4) is 5.75 Å². The molecule has 0 fully saturated rings. The van der Waals surface area contributed by atoms with E-state index < -0.39 is 0 Å². The lowest BCUT2D eigenvalue weighted by Gasteiger charge is -2.14. The average Bonchev–Trinajstić information content (AvgIpc) is 3.01. The smallest absolute Gasteiger partial charge is 0.315 e. The summed E-state index contributed by atoms with van der Waals surface area (Å²) in [6, 6.07) is 11.6. The number of urea groups is 1. The van der Waals surface area contributed by atoms with Crippen LogP contribution in [0.15, 0.2) is 42.6 Å². The second-order valence-corrected chi connectivity index (χ2v) is 6.03. The Labute approximate surface area is 141 Å². The van der Waals surface area contributed by atoms with Gasteiger partial charge in [0.15, 0.2) is 0 Å². The number of amides is 2. The van der Waals surface area contributed by atoms with Gasteiger partial charge in [-0.15, -0.1) is 0 Å². The van der Waals surface area contributed by atoms with Gasteiger partial charge >= 0.3 is 6.03 Å². The van der Waals surface area contributed by atoms with E-state index in [1.165, 1.54) is 5.56 Å². The minimum atomic E-state index is -0.197. The highest BCUT2D eigenvalue weighted by Crippen LogP contribution is 2.27. The normalized spacial score (nSPS) is 15.3. The molecule has 6 nitrogen and oxygen atoms in total. The highest BCUT2D eigenvalue weighted by Gasteiger charge is 2.22. The van der Waals surface area contributed by atoms with Crippen LogP contribution in [0, 0.1) is 0 Å². The SMILES string of the molecule is CN(C)c1cc(CNC(=O)NCC2Cc3ccccc3O2)ccn1. The summed E-state index contributed by atoms with van der Waals surface area (Å²) < 4.78 is 5.81. The van der Waals surface area contributed by atoms with E-state index >= 15 is 0 Å². The zero-order valence-electron chi connectivity index (χ0n) is 14.0. The zero-order valence-corrected chi connectivity index (χ0v) is 14.0. The number of carbonyl (C=O) groups is 1. The molecule has 1 aromatic heterocycles. The van der Waals surface area contributed by atoms with Gasteiger partial charge in [0.1, 0.15) is 17.7 Å². The number of pyridine rings is 1. The van der Waals surface area contributed by atoms with E-state index in [1.54, 1.807) is 6.20 Å². The van der Waals surface area contributed by atoms with Crippen molar-refractivity contribution in [2.75, 3.05) is 25.5 Å². The fraction of sp³-hybridized carbons (Fsp3) is 0.333. The van der Waals surface area contributed by atoms with E-state index in [4.69, 9.17) is 4.74 Å². The maximum absolute atomic E-state index is 12.0. The first-order chi connectivity index (χ1) is 11.6. The van der Waals surface area contributed by atoms with Crippen LogP contribution in [0.3, 0.4) is 0 Å². The van der Waals surface area contributed by atoms with Gasteiger partial charge in [-0.1, -0.05) is 18.2 Å². The highest BCUT2D eigenvalue weighted by molar-refractivity contribution is 5.73. The largest absolute Gasteiger partial charge is 0.488 e. The summed E-state index contributed by atoms with van der Waals surface area (Å²) in [5.41, 5.74) is 2.20. The number of hydrogen-bond donors (Lipinski definition) is 2. The molecule has 1 aliphatic heterocycles. The van der Waals surface area contributed by atoms with Crippen molar-refractivity contribution in [1.29, 1.82) is 0 Å². The summed E-state index contributed by atoms with van der Waals surface area (Å²) in [7, 11) is 3.87. The lowest BCUT2D eigenvalue weighted by atomic mass is 10.1. The molecule has 2 amide bonds. The molecule has 1 unspecified atom stereocenters. The number of rotatable bonds is 5. The van der Waals surface area contributed by atoms with Gasteiger partial charge in [-0.05, 0) is 29.3 Å². The number of carbonyl (C=O) groups excluding carboxylic acids is 1. The number of benzene rings is 1. The molecule has 0 bridgehead atoms.